The van der Waals surface area contributed by atoms with Crippen molar-refractivity contribution >= 4 is 0 Å². The van der Waals surface area contributed by atoms with Crippen LogP contribution < -0.4 is 9.47 Å². The zero-order chi connectivity index (χ0) is 16.8. The van der Waals surface area contributed by atoms with Gasteiger partial charge in [-0.05, 0) is 74.6 Å². The standard InChI is InChI=1S/C21H26NO2/c1-22-13-10-17(11-14-22)12-15-24-20-9-8-19(16-21(20)23-2)18-6-4-3-5-7-18/h4-9,16-17H,10-15H2,1-2H3. The summed E-state index contributed by atoms with van der Waals surface area (Å²) in [6.45, 7) is 3.17. The second-order valence-corrected chi connectivity index (χ2v) is 6.54. The number of nitrogens with zero attached hydrogens (tertiary/aromatic N) is 1. The van der Waals surface area contributed by atoms with Crippen LogP contribution in [0, 0.1) is 12.0 Å². The monoisotopic (exact) mass is 324 g/mol. The normalized spacial score (nSPS) is 16.1. The van der Waals surface area contributed by atoms with Gasteiger partial charge in [-0.25, -0.2) is 0 Å². The highest BCUT2D eigenvalue weighted by molar-refractivity contribution is 5.67. The maximum Gasteiger partial charge on any atom is 0.161 e. The van der Waals surface area contributed by atoms with E-state index in [1.165, 1.54) is 25.9 Å². The summed E-state index contributed by atoms with van der Waals surface area (Å²) >= 11 is 0. The highest BCUT2D eigenvalue weighted by Gasteiger charge is 2.16. The number of methoxy groups -OCH3 is 1. The molecule has 0 spiro atoms. The number of likely N-dealkylation sites (tertiary alicyclic amines) is 1. The van der Waals surface area contributed by atoms with Crippen molar-refractivity contribution in [2.75, 3.05) is 33.9 Å². The van der Waals surface area contributed by atoms with Crippen molar-refractivity contribution in [1.82, 2.24) is 4.90 Å². The summed E-state index contributed by atoms with van der Waals surface area (Å²) in [5.41, 5.74) is 2.29. The van der Waals surface area contributed by atoms with E-state index in [4.69, 9.17) is 9.47 Å². The molecule has 0 bridgehead atoms. The van der Waals surface area contributed by atoms with Gasteiger partial charge < -0.3 is 14.4 Å². The first-order valence-electron chi connectivity index (χ1n) is 8.72. The number of hydrogen-bond acceptors (Lipinski definition) is 3. The van der Waals surface area contributed by atoms with Crippen LogP contribution >= 0.6 is 0 Å². The van der Waals surface area contributed by atoms with Crippen molar-refractivity contribution in [3.8, 4) is 22.6 Å². The zero-order valence-corrected chi connectivity index (χ0v) is 14.6. The van der Waals surface area contributed by atoms with Crippen LogP contribution in [0.3, 0.4) is 0 Å². The molecule has 3 nitrogen and oxygen atoms in total. The topological polar surface area (TPSA) is 21.7 Å². The molecule has 1 saturated heterocycles. The van der Waals surface area contributed by atoms with E-state index in [0.717, 1.165) is 41.6 Å². The third kappa shape index (κ3) is 4.30. The Hall–Kier alpha value is -2.00. The first-order valence-corrected chi connectivity index (χ1v) is 8.72. The van der Waals surface area contributed by atoms with E-state index >= 15 is 0 Å². The van der Waals surface area contributed by atoms with Crippen molar-refractivity contribution in [3.05, 3.63) is 48.5 Å². The fourth-order valence-corrected chi connectivity index (χ4v) is 3.23. The van der Waals surface area contributed by atoms with Gasteiger partial charge in [-0.15, -0.1) is 0 Å². The summed E-state index contributed by atoms with van der Waals surface area (Å²) in [6, 6.07) is 17.1. The van der Waals surface area contributed by atoms with Gasteiger partial charge in [-0.1, -0.05) is 30.3 Å². The van der Waals surface area contributed by atoms with Crippen LogP contribution in [-0.4, -0.2) is 38.8 Å². The molecule has 0 N–H and O–H groups in total. The van der Waals surface area contributed by atoms with Crippen LogP contribution in [0.25, 0.3) is 11.1 Å². The van der Waals surface area contributed by atoms with E-state index in [1.54, 1.807) is 7.11 Å². The molecule has 3 heteroatoms. The Labute approximate surface area is 145 Å². The number of hydrogen-bond donors (Lipinski definition) is 0. The predicted octanol–water partition coefficient (Wildman–Crippen LogP) is 4.27. The van der Waals surface area contributed by atoms with E-state index in [-0.39, 0.29) is 0 Å². The third-order valence-electron chi connectivity index (χ3n) is 4.84. The van der Waals surface area contributed by atoms with Gasteiger partial charge in [0.2, 0.25) is 0 Å². The summed E-state index contributed by atoms with van der Waals surface area (Å²) in [5.74, 6) is 2.41. The van der Waals surface area contributed by atoms with Gasteiger partial charge in [0.05, 0.1) is 13.7 Å². The SMILES string of the molecule is COc1cc(-c2cc[c]cc2)ccc1OCCC1CCN(C)CC1. The molecule has 127 valence electrons. The Balaban J connectivity index is 1.59. The van der Waals surface area contributed by atoms with Gasteiger partial charge in [-0.3, -0.25) is 0 Å². The maximum absolute atomic E-state index is 6.00. The van der Waals surface area contributed by atoms with Crippen LogP contribution in [-0.2, 0) is 0 Å². The highest BCUT2D eigenvalue weighted by atomic mass is 16.5. The molecule has 0 unspecified atom stereocenters. The minimum atomic E-state index is 0.754. The fraction of sp³-hybridized carbons (Fsp3) is 0.429. The lowest BCUT2D eigenvalue weighted by molar-refractivity contribution is 0.185. The third-order valence-corrected chi connectivity index (χ3v) is 4.84. The fourth-order valence-electron chi connectivity index (χ4n) is 3.23. The molecule has 0 saturated carbocycles. The van der Waals surface area contributed by atoms with Crippen LogP contribution in [0.15, 0.2) is 42.5 Å². The summed E-state index contributed by atoms with van der Waals surface area (Å²) in [5, 5.41) is 0. The second kappa shape index (κ2) is 8.20. The largest absolute Gasteiger partial charge is 0.493 e. The average molecular weight is 324 g/mol. The van der Waals surface area contributed by atoms with Crippen molar-refractivity contribution < 1.29 is 9.47 Å². The van der Waals surface area contributed by atoms with Gasteiger partial charge in [0.25, 0.3) is 0 Å². The molecule has 1 heterocycles. The van der Waals surface area contributed by atoms with E-state index in [1.807, 2.05) is 24.3 Å². The van der Waals surface area contributed by atoms with Crippen LogP contribution in [0.2, 0.25) is 0 Å². The van der Waals surface area contributed by atoms with Crippen LogP contribution in [0.5, 0.6) is 11.5 Å². The molecule has 0 aliphatic carbocycles. The lowest BCUT2D eigenvalue weighted by Crippen LogP contribution is -2.30. The molecular weight excluding hydrogens is 298 g/mol. The molecule has 0 aromatic heterocycles. The van der Waals surface area contributed by atoms with E-state index in [0.29, 0.717) is 0 Å². The Morgan fingerprint density at radius 2 is 1.79 bits per heavy atom. The molecule has 2 aromatic rings. The molecule has 2 aromatic carbocycles. The second-order valence-electron chi connectivity index (χ2n) is 6.54. The average Bonchev–Trinajstić information content (AvgIpc) is 2.64. The van der Waals surface area contributed by atoms with Gasteiger partial charge in [0.15, 0.2) is 11.5 Å². The molecule has 1 aliphatic heterocycles. The molecule has 0 atom stereocenters. The van der Waals surface area contributed by atoms with Crippen molar-refractivity contribution in [2.45, 2.75) is 19.3 Å². The molecule has 1 fully saturated rings. The number of piperidine rings is 1. The lowest BCUT2D eigenvalue weighted by atomic mass is 9.94. The van der Waals surface area contributed by atoms with Crippen molar-refractivity contribution in [1.29, 1.82) is 0 Å². The summed E-state index contributed by atoms with van der Waals surface area (Å²) < 4.78 is 11.5. The van der Waals surface area contributed by atoms with Gasteiger partial charge >= 0.3 is 0 Å². The molecule has 0 amide bonds. The minimum Gasteiger partial charge on any atom is -0.493 e. The first-order chi connectivity index (χ1) is 11.8. The smallest absolute Gasteiger partial charge is 0.161 e. The van der Waals surface area contributed by atoms with E-state index in [9.17, 15) is 0 Å². The summed E-state index contributed by atoms with van der Waals surface area (Å²) in [7, 11) is 3.89. The van der Waals surface area contributed by atoms with E-state index < -0.39 is 0 Å². The summed E-state index contributed by atoms with van der Waals surface area (Å²) in [6.07, 6.45) is 3.68. The molecule has 1 aliphatic rings. The molecule has 24 heavy (non-hydrogen) atoms. The molecule has 3 rings (SSSR count). The quantitative estimate of drug-likeness (QED) is 0.792. The number of benzene rings is 2. The molecular formula is C21H26NO2. The number of ether oxygens (including phenoxy) is 2. The van der Waals surface area contributed by atoms with Gasteiger partial charge in [0.1, 0.15) is 0 Å². The molecule has 1 radical (unpaired) electrons. The van der Waals surface area contributed by atoms with Gasteiger partial charge in [0, 0.05) is 0 Å². The van der Waals surface area contributed by atoms with Crippen molar-refractivity contribution in [2.24, 2.45) is 5.92 Å². The predicted molar refractivity (Wildman–Crippen MR) is 97.6 cm³/mol. The Morgan fingerprint density at radius 3 is 2.50 bits per heavy atom. The Kier molecular flexibility index (Phi) is 5.76. The number of rotatable bonds is 6. The van der Waals surface area contributed by atoms with Gasteiger partial charge in [-0.2, -0.15) is 0 Å². The van der Waals surface area contributed by atoms with Crippen molar-refractivity contribution in [3.63, 3.8) is 0 Å². The maximum atomic E-state index is 6.00. The Bertz CT molecular complexity index is 634. The minimum absolute atomic E-state index is 0.754. The highest BCUT2D eigenvalue weighted by Crippen LogP contribution is 2.33. The van der Waals surface area contributed by atoms with Crippen LogP contribution in [0.4, 0.5) is 0 Å². The first kappa shape index (κ1) is 16.8. The van der Waals surface area contributed by atoms with E-state index in [2.05, 4.69) is 36.2 Å². The Morgan fingerprint density at radius 1 is 1.04 bits per heavy atom. The lowest BCUT2D eigenvalue weighted by Gasteiger charge is -2.28. The zero-order valence-electron chi connectivity index (χ0n) is 14.6. The van der Waals surface area contributed by atoms with Crippen LogP contribution in [0.1, 0.15) is 19.3 Å². The summed E-state index contributed by atoms with van der Waals surface area (Å²) in [4.78, 5) is 2.40.